The van der Waals surface area contributed by atoms with Gasteiger partial charge in [-0.25, -0.2) is 0 Å². The van der Waals surface area contributed by atoms with Crippen LogP contribution in [0.2, 0.25) is 0 Å². The average molecular weight is 200 g/mol. The lowest BCUT2D eigenvalue weighted by molar-refractivity contribution is -0.132. The van der Waals surface area contributed by atoms with Crippen molar-refractivity contribution in [3.8, 4) is 0 Å². The molecule has 1 heterocycles. The van der Waals surface area contributed by atoms with Crippen LogP contribution in [0.25, 0.3) is 0 Å². The summed E-state index contributed by atoms with van der Waals surface area (Å²) < 4.78 is 5.15. The quantitative estimate of drug-likeness (QED) is 0.646. The van der Waals surface area contributed by atoms with E-state index in [1.54, 1.807) is 0 Å². The van der Waals surface area contributed by atoms with Crippen molar-refractivity contribution in [2.45, 2.75) is 25.8 Å². The van der Waals surface area contributed by atoms with Gasteiger partial charge in [0.05, 0.1) is 13.0 Å². The highest BCUT2D eigenvalue weighted by Gasteiger charge is 2.22. The molecule has 1 aliphatic heterocycles. The monoisotopic (exact) mass is 200 g/mol. The number of amides is 1. The maximum atomic E-state index is 11.6. The van der Waals surface area contributed by atoms with Crippen LogP contribution in [-0.4, -0.2) is 50.2 Å². The zero-order valence-electron chi connectivity index (χ0n) is 9.08. The molecule has 0 spiro atoms. The van der Waals surface area contributed by atoms with Crippen molar-refractivity contribution in [2.24, 2.45) is 0 Å². The molecular weight excluding hydrogens is 180 g/mol. The van der Waals surface area contributed by atoms with Crippen molar-refractivity contribution >= 4 is 5.91 Å². The van der Waals surface area contributed by atoms with Crippen molar-refractivity contribution < 1.29 is 9.53 Å². The molecule has 1 N–H and O–H groups in total. The molecule has 4 nitrogen and oxygen atoms in total. The second-order valence-corrected chi connectivity index (χ2v) is 3.60. The number of ether oxygens (including phenoxy) is 1. The smallest absolute Gasteiger partial charge is 0.224 e. The standard InChI is InChI=1S/C10H20N2O2/c1-3-14-7-5-10(13)12(2)9-4-6-11-8-9/h9,11H,3-8H2,1-2H3. The lowest BCUT2D eigenvalue weighted by Crippen LogP contribution is -2.38. The molecule has 0 aromatic carbocycles. The molecule has 14 heavy (non-hydrogen) atoms. The Morgan fingerprint density at radius 3 is 3.00 bits per heavy atom. The van der Waals surface area contributed by atoms with Gasteiger partial charge in [0.15, 0.2) is 0 Å². The molecule has 0 aromatic heterocycles. The Morgan fingerprint density at radius 1 is 1.64 bits per heavy atom. The van der Waals surface area contributed by atoms with Gasteiger partial charge in [0.2, 0.25) is 5.91 Å². The highest BCUT2D eigenvalue weighted by molar-refractivity contribution is 5.76. The summed E-state index contributed by atoms with van der Waals surface area (Å²) in [5, 5.41) is 3.25. The maximum absolute atomic E-state index is 11.6. The van der Waals surface area contributed by atoms with Crippen molar-refractivity contribution in [3.05, 3.63) is 0 Å². The number of carbonyl (C=O) groups is 1. The van der Waals surface area contributed by atoms with Gasteiger partial charge in [0.1, 0.15) is 0 Å². The Labute approximate surface area is 85.6 Å². The molecule has 4 heteroatoms. The van der Waals surface area contributed by atoms with Crippen molar-refractivity contribution in [1.82, 2.24) is 10.2 Å². The van der Waals surface area contributed by atoms with E-state index in [0.29, 0.717) is 25.7 Å². The molecule has 0 saturated carbocycles. The third-order valence-corrected chi connectivity index (χ3v) is 2.64. The van der Waals surface area contributed by atoms with Crippen LogP contribution in [0.1, 0.15) is 19.8 Å². The second-order valence-electron chi connectivity index (χ2n) is 3.60. The minimum absolute atomic E-state index is 0.187. The second kappa shape index (κ2) is 5.98. The van der Waals surface area contributed by atoms with Gasteiger partial charge < -0.3 is 15.0 Å². The summed E-state index contributed by atoms with van der Waals surface area (Å²) >= 11 is 0. The van der Waals surface area contributed by atoms with E-state index in [-0.39, 0.29) is 5.91 Å². The third kappa shape index (κ3) is 3.27. The summed E-state index contributed by atoms with van der Waals surface area (Å²) in [5.74, 6) is 0.187. The lowest BCUT2D eigenvalue weighted by Gasteiger charge is -2.23. The highest BCUT2D eigenvalue weighted by Crippen LogP contribution is 2.07. The van der Waals surface area contributed by atoms with Crippen molar-refractivity contribution in [3.63, 3.8) is 0 Å². The third-order valence-electron chi connectivity index (χ3n) is 2.64. The molecule has 0 bridgehead atoms. The largest absolute Gasteiger partial charge is 0.381 e. The van der Waals surface area contributed by atoms with Crippen LogP contribution in [0.3, 0.4) is 0 Å². The molecule has 1 fully saturated rings. The summed E-state index contributed by atoms with van der Waals surface area (Å²) in [6.45, 7) is 5.11. The van der Waals surface area contributed by atoms with Crippen LogP contribution in [0.15, 0.2) is 0 Å². The van der Waals surface area contributed by atoms with Crippen molar-refractivity contribution in [2.75, 3.05) is 33.4 Å². The van der Waals surface area contributed by atoms with Gasteiger partial charge in [-0.15, -0.1) is 0 Å². The summed E-state index contributed by atoms with van der Waals surface area (Å²) in [6, 6.07) is 0.379. The fraction of sp³-hybridized carbons (Fsp3) is 0.900. The van der Waals surface area contributed by atoms with Crippen LogP contribution in [-0.2, 0) is 9.53 Å². The Balaban J connectivity index is 2.21. The van der Waals surface area contributed by atoms with Gasteiger partial charge in [-0.1, -0.05) is 0 Å². The predicted molar refractivity (Wildman–Crippen MR) is 55.2 cm³/mol. The Morgan fingerprint density at radius 2 is 2.43 bits per heavy atom. The van der Waals surface area contributed by atoms with Gasteiger partial charge in [-0.2, -0.15) is 0 Å². The SMILES string of the molecule is CCOCCC(=O)N(C)C1CCNC1. The van der Waals surface area contributed by atoms with E-state index < -0.39 is 0 Å². The normalized spacial score (nSPS) is 21.1. The van der Waals surface area contributed by atoms with Crippen LogP contribution in [0, 0.1) is 0 Å². The van der Waals surface area contributed by atoms with E-state index in [1.807, 2.05) is 18.9 Å². The molecule has 1 saturated heterocycles. The molecule has 82 valence electrons. The highest BCUT2D eigenvalue weighted by atomic mass is 16.5. The summed E-state index contributed by atoms with van der Waals surface area (Å²) in [7, 11) is 1.88. The fourth-order valence-corrected chi connectivity index (χ4v) is 1.65. The predicted octanol–water partition coefficient (Wildman–Crippen LogP) is 0.233. The van der Waals surface area contributed by atoms with Crippen LogP contribution in [0.5, 0.6) is 0 Å². The molecule has 1 amide bonds. The molecule has 0 aromatic rings. The number of rotatable bonds is 5. The Kier molecular flexibility index (Phi) is 4.90. The lowest BCUT2D eigenvalue weighted by atomic mass is 10.2. The van der Waals surface area contributed by atoms with E-state index in [1.165, 1.54) is 0 Å². The first-order chi connectivity index (χ1) is 6.75. The molecule has 0 aliphatic carbocycles. The number of hydrogen-bond acceptors (Lipinski definition) is 3. The minimum atomic E-state index is 0.187. The summed E-state index contributed by atoms with van der Waals surface area (Å²) in [6.07, 6.45) is 1.57. The van der Waals surface area contributed by atoms with Gasteiger partial charge >= 0.3 is 0 Å². The van der Waals surface area contributed by atoms with E-state index >= 15 is 0 Å². The van der Waals surface area contributed by atoms with Gasteiger partial charge in [-0.05, 0) is 19.9 Å². The number of nitrogens with zero attached hydrogens (tertiary/aromatic N) is 1. The fourth-order valence-electron chi connectivity index (χ4n) is 1.65. The number of carbonyl (C=O) groups excluding carboxylic acids is 1. The van der Waals surface area contributed by atoms with Crippen LogP contribution >= 0.6 is 0 Å². The number of nitrogens with one attached hydrogen (secondary N) is 1. The number of likely N-dealkylation sites (N-methyl/N-ethyl adjacent to an activating group) is 1. The topological polar surface area (TPSA) is 41.6 Å². The maximum Gasteiger partial charge on any atom is 0.224 e. The van der Waals surface area contributed by atoms with Crippen LogP contribution < -0.4 is 5.32 Å². The zero-order chi connectivity index (χ0) is 10.4. The van der Waals surface area contributed by atoms with Crippen molar-refractivity contribution in [1.29, 1.82) is 0 Å². The number of hydrogen-bond donors (Lipinski definition) is 1. The first-order valence-corrected chi connectivity index (χ1v) is 5.29. The molecule has 1 unspecified atom stereocenters. The molecule has 0 radical (unpaired) electrons. The Bertz CT molecular complexity index is 179. The van der Waals surface area contributed by atoms with Gasteiger partial charge in [0, 0.05) is 26.2 Å². The molecular formula is C10H20N2O2. The van der Waals surface area contributed by atoms with E-state index in [0.717, 1.165) is 19.5 Å². The summed E-state index contributed by atoms with van der Waals surface area (Å²) in [5.41, 5.74) is 0. The van der Waals surface area contributed by atoms with E-state index in [9.17, 15) is 4.79 Å². The first-order valence-electron chi connectivity index (χ1n) is 5.29. The molecule has 1 atom stereocenters. The van der Waals surface area contributed by atoms with E-state index in [4.69, 9.17) is 4.74 Å². The first kappa shape index (κ1) is 11.5. The van der Waals surface area contributed by atoms with Gasteiger partial charge in [0.25, 0.3) is 0 Å². The summed E-state index contributed by atoms with van der Waals surface area (Å²) in [4.78, 5) is 13.5. The van der Waals surface area contributed by atoms with Gasteiger partial charge in [-0.3, -0.25) is 4.79 Å². The van der Waals surface area contributed by atoms with E-state index in [2.05, 4.69) is 5.32 Å². The zero-order valence-corrected chi connectivity index (χ0v) is 9.08. The molecule has 1 aliphatic rings. The average Bonchev–Trinajstić information content (AvgIpc) is 2.69. The Hall–Kier alpha value is -0.610. The van der Waals surface area contributed by atoms with Crippen LogP contribution in [0.4, 0.5) is 0 Å². The molecule has 1 rings (SSSR count). The minimum Gasteiger partial charge on any atom is -0.381 e.